The molecule has 3 aromatic carbocycles. The number of hydrogen-bond donors (Lipinski definition) is 0. The number of carbonyl (C=O) groups is 4. The molecule has 0 spiro atoms. The highest BCUT2D eigenvalue weighted by atomic mass is 32.2. The van der Waals surface area contributed by atoms with E-state index >= 15 is 0 Å². The van der Waals surface area contributed by atoms with E-state index in [4.69, 9.17) is 4.74 Å². The molecule has 4 atom stereocenters. The van der Waals surface area contributed by atoms with Gasteiger partial charge in [-0.2, -0.15) is 0 Å². The largest absolute Gasteiger partial charge is 0.451 e. The van der Waals surface area contributed by atoms with Crippen molar-refractivity contribution in [2.24, 2.45) is 0 Å². The highest BCUT2D eigenvalue weighted by molar-refractivity contribution is 7.86. The molecule has 0 aromatic heterocycles. The SMILES string of the molecule is CC(=O)N(c1ccccc1)[C@@H]1C(=O)N2[C@@H](C(=O)OC(c3ccccc3)c3ccccc3)C(=O)CS(=O)[C@@H]12. The molecule has 2 fully saturated rings. The first kappa shape index (κ1) is 24.6. The van der Waals surface area contributed by atoms with Gasteiger partial charge in [-0.15, -0.1) is 0 Å². The van der Waals surface area contributed by atoms with Gasteiger partial charge in [0, 0.05) is 12.6 Å². The van der Waals surface area contributed by atoms with E-state index in [-0.39, 0.29) is 0 Å². The molecule has 0 N–H and O–H groups in total. The van der Waals surface area contributed by atoms with E-state index in [0.717, 1.165) is 4.90 Å². The first-order valence-electron chi connectivity index (χ1n) is 11.8. The lowest BCUT2D eigenvalue weighted by atomic mass is 9.97. The van der Waals surface area contributed by atoms with Crippen molar-refractivity contribution in [3.63, 3.8) is 0 Å². The van der Waals surface area contributed by atoms with Crippen LogP contribution in [0.1, 0.15) is 24.2 Å². The molecular formula is C28H24N2O6S. The average Bonchev–Trinajstić information content (AvgIpc) is 2.91. The third kappa shape index (κ3) is 4.46. The highest BCUT2D eigenvalue weighted by Crippen LogP contribution is 2.37. The van der Waals surface area contributed by atoms with E-state index in [9.17, 15) is 23.4 Å². The fraction of sp³-hybridized carbons (Fsp3) is 0.214. The molecule has 0 aliphatic carbocycles. The van der Waals surface area contributed by atoms with Crippen LogP contribution in [0.5, 0.6) is 0 Å². The number of rotatable bonds is 6. The summed E-state index contributed by atoms with van der Waals surface area (Å²) in [5, 5.41) is -1.00. The minimum absolute atomic E-state index is 0.410. The van der Waals surface area contributed by atoms with Crippen molar-refractivity contribution in [1.82, 2.24) is 4.90 Å². The molecule has 5 rings (SSSR count). The van der Waals surface area contributed by atoms with Gasteiger partial charge in [-0.3, -0.25) is 23.5 Å². The monoisotopic (exact) mass is 516 g/mol. The van der Waals surface area contributed by atoms with E-state index in [1.165, 1.54) is 11.8 Å². The number of ketones is 1. The summed E-state index contributed by atoms with van der Waals surface area (Å²) in [7, 11) is -1.79. The zero-order valence-electron chi connectivity index (χ0n) is 19.9. The maximum atomic E-state index is 13.5. The lowest BCUT2D eigenvalue weighted by Crippen LogP contribution is -2.79. The van der Waals surface area contributed by atoms with Crippen LogP contribution in [-0.4, -0.2) is 55.9 Å². The summed E-state index contributed by atoms with van der Waals surface area (Å²) in [4.78, 5) is 54.6. The fourth-order valence-electron chi connectivity index (χ4n) is 4.85. The van der Waals surface area contributed by atoms with Crippen LogP contribution >= 0.6 is 0 Å². The van der Waals surface area contributed by atoms with Crippen LogP contribution in [0.3, 0.4) is 0 Å². The zero-order valence-corrected chi connectivity index (χ0v) is 20.7. The number of amides is 2. The number of Topliss-reactive ketones (excluding diaryl/α,β-unsaturated/α-hetero) is 1. The summed E-state index contributed by atoms with van der Waals surface area (Å²) in [6, 6.07) is 24.1. The van der Waals surface area contributed by atoms with Gasteiger partial charge in [-0.1, -0.05) is 78.9 Å². The standard InChI is InChI=1S/C28H24N2O6S/c1-18(31)29(21-15-9-4-10-16-21)24-26(33)30-23(22(32)17-37(35)27(24)30)28(34)36-25(19-11-5-2-6-12-19)20-13-7-3-8-14-20/h2-16,23-25,27H,17H2,1H3/t23-,24-,27+,37?/m1/s1. The first-order chi connectivity index (χ1) is 17.9. The molecule has 1 unspecified atom stereocenters. The molecule has 2 heterocycles. The quantitative estimate of drug-likeness (QED) is 0.284. The number of hydrogen-bond acceptors (Lipinski definition) is 6. The van der Waals surface area contributed by atoms with Crippen molar-refractivity contribution >= 4 is 40.1 Å². The number of anilines is 1. The van der Waals surface area contributed by atoms with Gasteiger partial charge in [0.05, 0.1) is 16.6 Å². The van der Waals surface area contributed by atoms with Crippen LogP contribution in [0.2, 0.25) is 0 Å². The summed E-state index contributed by atoms with van der Waals surface area (Å²) in [6.45, 7) is 1.32. The predicted molar refractivity (Wildman–Crippen MR) is 137 cm³/mol. The Morgan fingerprint density at radius 1 is 0.892 bits per heavy atom. The Morgan fingerprint density at radius 2 is 1.41 bits per heavy atom. The van der Waals surface area contributed by atoms with Crippen molar-refractivity contribution in [2.75, 3.05) is 10.7 Å². The van der Waals surface area contributed by atoms with Gasteiger partial charge in [0.2, 0.25) is 5.91 Å². The average molecular weight is 517 g/mol. The normalized spacial score (nSPS) is 22.7. The molecular weight excluding hydrogens is 492 g/mol. The van der Waals surface area contributed by atoms with E-state index in [1.54, 1.807) is 54.6 Å². The molecule has 0 saturated carbocycles. The van der Waals surface area contributed by atoms with Crippen LogP contribution in [0.25, 0.3) is 0 Å². The predicted octanol–water partition coefficient (Wildman–Crippen LogP) is 2.61. The summed E-state index contributed by atoms with van der Waals surface area (Å²) in [5.74, 6) is -2.99. The van der Waals surface area contributed by atoms with Crippen LogP contribution in [0.4, 0.5) is 5.69 Å². The molecule has 2 aliphatic rings. The Labute approximate surface area is 216 Å². The number of esters is 1. The Bertz CT molecular complexity index is 1330. The van der Waals surface area contributed by atoms with Crippen molar-refractivity contribution in [1.29, 1.82) is 0 Å². The second kappa shape index (κ2) is 10.1. The van der Waals surface area contributed by atoms with Crippen LogP contribution in [-0.2, 0) is 34.7 Å². The molecule has 0 bridgehead atoms. The molecule has 2 aliphatic heterocycles. The van der Waals surface area contributed by atoms with Crippen LogP contribution in [0.15, 0.2) is 91.0 Å². The van der Waals surface area contributed by atoms with Gasteiger partial charge >= 0.3 is 5.97 Å². The number of para-hydroxylation sites is 1. The van der Waals surface area contributed by atoms with Crippen LogP contribution in [0, 0.1) is 0 Å². The Balaban J connectivity index is 1.45. The number of fused-ring (bicyclic) bond motifs is 1. The number of nitrogens with zero attached hydrogens (tertiary/aromatic N) is 2. The van der Waals surface area contributed by atoms with Gasteiger partial charge in [0.1, 0.15) is 11.4 Å². The molecule has 188 valence electrons. The number of ether oxygens (including phenoxy) is 1. The minimum atomic E-state index is -1.79. The van der Waals surface area contributed by atoms with Crippen molar-refractivity contribution in [3.05, 3.63) is 102 Å². The van der Waals surface area contributed by atoms with Crippen LogP contribution < -0.4 is 4.90 Å². The van der Waals surface area contributed by atoms with Gasteiger partial charge in [-0.25, -0.2) is 4.79 Å². The maximum Gasteiger partial charge on any atom is 0.337 e. The van der Waals surface area contributed by atoms with Crippen molar-refractivity contribution < 1.29 is 28.1 Å². The molecule has 3 aromatic rings. The van der Waals surface area contributed by atoms with E-state index in [2.05, 4.69) is 0 Å². The van der Waals surface area contributed by atoms with Gasteiger partial charge < -0.3 is 9.64 Å². The number of β-lactam (4-membered cyclic amide) rings is 1. The fourth-order valence-corrected chi connectivity index (χ4v) is 6.46. The summed E-state index contributed by atoms with van der Waals surface area (Å²) >= 11 is 0. The summed E-state index contributed by atoms with van der Waals surface area (Å²) < 4.78 is 18.9. The Kier molecular flexibility index (Phi) is 6.71. The van der Waals surface area contributed by atoms with Crippen molar-refractivity contribution in [2.45, 2.75) is 30.5 Å². The Hall–Kier alpha value is -4.11. The lowest BCUT2D eigenvalue weighted by Gasteiger charge is -2.53. The smallest absolute Gasteiger partial charge is 0.337 e. The molecule has 9 heteroatoms. The number of carbonyl (C=O) groups excluding carboxylic acids is 4. The number of benzene rings is 3. The van der Waals surface area contributed by atoms with Crippen molar-refractivity contribution in [3.8, 4) is 0 Å². The topological polar surface area (TPSA) is 101 Å². The molecule has 37 heavy (non-hydrogen) atoms. The third-order valence-electron chi connectivity index (χ3n) is 6.50. The maximum absolute atomic E-state index is 13.5. The van der Waals surface area contributed by atoms with Gasteiger partial charge in [-0.05, 0) is 23.3 Å². The highest BCUT2D eigenvalue weighted by Gasteiger charge is 2.63. The second-order valence-electron chi connectivity index (χ2n) is 8.84. The molecule has 2 amide bonds. The molecule has 2 saturated heterocycles. The van der Waals surface area contributed by atoms with E-state index in [0.29, 0.717) is 16.8 Å². The van der Waals surface area contributed by atoms with Gasteiger partial charge in [0.25, 0.3) is 5.91 Å². The lowest BCUT2D eigenvalue weighted by molar-refractivity contribution is -0.169. The summed E-state index contributed by atoms with van der Waals surface area (Å²) in [6.07, 6.45) is -0.807. The van der Waals surface area contributed by atoms with Gasteiger partial charge in [0.15, 0.2) is 17.9 Å². The third-order valence-corrected chi connectivity index (χ3v) is 8.10. The molecule has 0 radical (unpaired) electrons. The summed E-state index contributed by atoms with van der Waals surface area (Å²) in [5.41, 5.74) is 1.87. The van der Waals surface area contributed by atoms with E-state index in [1.807, 2.05) is 36.4 Å². The molecule has 8 nitrogen and oxygen atoms in total. The minimum Gasteiger partial charge on any atom is -0.451 e. The van der Waals surface area contributed by atoms with E-state index < -0.39 is 63.7 Å². The zero-order chi connectivity index (χ0) is 26.1. The Morgan fingerprint density at radius 3 is 1.92 bits per heavy atom. The first-order valence-corrected chi connectivity index (χ1v) is 13.1. The second-order valence-corrected chi connectivity index (χ2v) is 10.4.